The molecule has 2 saturated heterocycles. The van der Waals surface area contributed by atoms with E-state index in [0.717, 1.165) is 9.80 Å². The summed E-state index contributed by atoms with van der Waals surface area (Å²) in [6, 6.07) is -2.37. The second-order valence-electron chi connectivity index (χ2n) is 11.8. The summed E-state index contributed by atoms with van der Waals surface area (Å²) < 4.78 is 94.9. The van der Waals surface area contributed by atoms with Gasteiger partial charge in [0.15, 0.2) is 6.19 Å². The van der Waals surface area contributed by atoms with E-state index < -0.39 is 86.9 Å². The molecule has 0 aromatic heterocycles. The molecule has 0 spiro atoms. The topological polar surface area (TPSA) is 126 Å². The number of carbonyl (C=O) groups excluding carboxylic acids is 3. The molecule has 43 heavy (non-hydrogen) atoms. The molecule has 1 saturated carbocycles. The number of nitrogens with zero attached hydrogens (tertiary/aromatic N) is 3. The van der Waals surface area contributed by atoms with E-state index in [1.54, 1.807) is 6.19 Å². The number of anilines is 1. The Hall–Kier alpha value is -3.26. The summed E-state index contributed by atoms with van der Waals surface area (Å²) in [4.78, 5) is 39.8. The molecule has 2 aliphatic heterocycles. The third-order valence-electron chi connectivity index (χ3n) is 8.07. The number of aliphatic hydroxyl groups is 1. The number of carbonyl (C=O) groups is 3. The number of alkyl halides is 2. The average Bonchev–Trinajstić information content (AvgIpc) is 3.21. The van der Waals surface area contributed by atoms with Crippen molar-refractivity contribution < 1.29 is 47.7 Å². The fourth-order valence-electron chi connectivity index (χ4n) is 5.94. The number of benzene rings is 1. The fraction of sp³-hybridized carbons (Fsp3) is 0.615. The molecule has 4 unspecified atom stereocenters. The maximum atomic E-state index is 14.1. The van der Waals surface area contributed by atoms with E-state index in [9.17, 15) is 53.0 Å². The Bertz CT molecular complexity index is 1310. The third kappa shape index (κ3) is 7.64. The van der Waals surface area contributed by atoms with E-state index in [-0.39, 0.29) is 57.3 Å². The highest BCUT2D eigenvalue weighted by atomic mass is 32.5. The van der Waals surface area contributed by atoms with Crippen LogP contribution in [0.3, 0.4) is 0 Å². The van der Waals surface area contributed by atoms with Gasteiger partial charge in [0.05, 0.1) is 12.1 Å². The highest BCUT2D eigenvalue weighted by molar-refractivity contribution is 8.45. The van der Waals surface area contributed by atoms with E-state index in [2.05, 4.69) is 10.6 Å². The van der Waals surface area contributed by atoms with Gasteiger partial charge in [0.2, 0.25) is 17.7 Å². The third-order valence-corrected chi connectivity index (χ3v) is 9.24. The van der Waals surface area contributed by atoms with Gasteiger partial charge in [0, 0.05) is 44.0 Å². The summed E-state index contributed by atoms with van der Waals surface area (Å²) in [5.74, 6) is -6.21. The number of β-amino-alcohol motifs (C(OH)–C–C–N with tert-alkyl or cyclic N) is 1. The predicted octanol–water partition coefficient (Wildman–Crippen LogP) is 4.57. The van der Waals surface area contributed by atoms with Crippen molar-refractivity contribution >= 4 is 33.6 Å². The number of nitriles is 1. The highest BCUT2D eigenvalue weighted by Gasteiger charge is 2.65. The largest absolute Gasteiger partial charge is 0.388 e. The van der Waals surface area contributed by atoms with Crippen LogP contribution >= 0.6 is 10.2 Å². The summed E-state index contributed by atoms with van der Waals surface area (Å²) in [7, 11) is -10.1. The number of rotatable bonds is 7. The van der Waals surface area contributed by atoms with Gasteiger partial charge in [-0.1, -0.05) is 19.4 Å². The van der Waals surface area contributed by atoms with Crippen molar-refractivity contribution in [3.63, 3.8) is 0 Å². The minimum Gasteiger partial charge on any atom is -0.388 e. The molecule has 3 N–H and O–H groups in total. The number of nitrogens with one attached hydrogen (secondary N) is 2. The Balaban J connectivity index is 1.79. The predicted molar refractivity (Wildman–Crippen MR) is 142 cm³/mol. The zero-order valence-corrected chi connectivity index (χ0v) is 23.9. The Morgan fingerprint density at radius 1 is 1.14 bits per heavy atom. The van der Waals surface area contributed by atoms with Crippen LogP contribution in [0.4, 0.5) is 33.9 Å². The second kappa shape index (κ2) is 10.4. The fourth-order valence-corrected chi connectivity index (χ4v) is 6.59. The van der Waals surface area contributed by atoms with Crippen LogP contribution in [0.5, 0.6) is 0 Å². The zero-order chi connectivity index (χ0) is 32.1. The molecule has 1 aliphatic carbocycles. The zero-order valence-electron chi connectivity index (χ0n) is 23.1. The first-order valence-corrected chi connectivity index (χ1v) is 15.6. The van der Waals surface area contributed by atoms with E-state index >= 15 is 0 Å². The lowest BCUT2D eigenvalue weighted by atomic mass is 9.86. The molecule has 240 valence electrons. The van der Waals surface area contributed by atoms with Crippen molar-refractivity contribution in [3.8, 4) is 6.19 Å². The van der Waals surface area contributed by atoms with Gasteiger partial charge < -0.3 is 15.7 Å². The Labute approximate surface area is 243 Å². The summed E-state index contributed by atoms with van der Waals surface area (Å²) in [5.41, 5.74) is -1.94. The van der Waals surface area contributed by atoms with Gasteiger partial charge in [0.25, 0.3) is 5.91 Å². The molecule has 17 heteroatoms. The molecule has 3 fully saturated rings. The van der Waals surface area contributed by atoms with E-state index in [1.807, 2.05) is 0 Å². The van der Waals surface area contributed by atoms with Gasteiger partial charge >= 0.3 is 10.2 Å². The number of amides is 3. The Morgan fingerprint density at radius 2 is 1.74 bits per heavy atom. The molecule has 1 aromatic rings. The quantitative estimate of drug-likeness (QED) is 0.295. The number of likely N-dealkylation sites (tertiary alicyclic amines) is 1. The molecule has 4 rings (SSSR count). The van der Waals surface area contributed by atoms with Gasteiger partial charge in [-0.05, 0) is 56.4 Å². The molecule has 0 radical (unpaired) electrons. The van der Waals surface area contributed by atoms with Crippen molar-refractivity contribution in [2.24, 2.45) is 5.92 Å². The lowest BCUT2D eigenvalue weighted by Gasteiger charge is -2.42. The summed E-state index contributed by atoms with van der Waals surface area (Å²) >= 11 is 0. The minimum atomic E-state index is -10.1. The number of piperidine rings is 1. The maximum Gasteiger partial charge on any atom is 0.310 e. The molecule has 2 heterocycles. The molecule has 0 bridgehead atoms. The van der Waals surface area contributed by atoms with Gasteiger partial charge in [-0.25, -0.2) is 8.78 Å². The summed E-state index contributed by atoms with van der Waals surface area (Å²) in [5, 5.41) is 25.4. The monoisotopic (exact) mass is 643 g/mol. The molecule has 3 aliphatic rings. The van der Waals surface area contributed by atoms with Crippen LogP contribution in [0.2, 0.25) is 0 Å². The van der Waals surface area contributed by atoms with Gasteiger partial charge in [-0.15, -0.1) is 0 Å². The van der Waals surface area contributed by atoms with Gasteiger partial charge in [-0.3, -0.25) is 24.2 Å². The highest BCUT2D eigenvalue weighted by Crippen LogP contribution is 3.02. The smallest absolute Gasteiger partial charge is 0.310 e. The lowest BCUT2D eigenvalue weighted by molar-refractivity contribution is -0.132. The van der Waals surface area contributed by atoms with Crippen LogP contribution in [0.1, 0.15) is 51.9 Å². The second-order valence-corrected chi connectivity index (χ2v) is 14.2. The van der Waals surface area contributed by atoms with Gasteiger partial charge in [-0.2, -0.15) is 5.26 Å². The van der Waals surface area contributed by atoms with Crippen LogP contribution in [-0.2, 0) is 14.4 Å². The van der Waals surface area contributed by atoms with Crippen molar-refractivity contribution in [1.82, 2.24) is 15.5 Å². The Morgan fingerprint density at radius 3 is 2.28 bits per heavy atom. The lowest BCUT2D eigenvalue weighted by Crippen LogP contribution is -2.60. The van der Waals surface area contributed by atoms with Crippen LogP contribution in [-0.4, -0.2) is 70.5 Å². The molecule has 9 nitrogen and oxygen atoms in total. The van der Waals surface area contributed by atoms with Crippen LogP contribution in [0.15, 0.2) is 29.2 Å². The molecule has 3 amide bonds. The molecular weight excluding hydrogens is 611 g/mol. The van der Waals surface area contributed by atoms with Crippen molar-refractivity contribution in [2.75, 3.05) is 18.0 Å². The van der Waals surface area contributed by atoms with Crippen molar-refractivity contribution in [1.29, 1.82) is 5.26 Å². The van der Waals surface area contributed by atoms with Crippen LogP contribution in [0.25, 0.3) is 0 Å². The number of hydrogen-bond acceptors (Lipinski definition) is 6. The summed E-state index contributed by atoms with van der Waals surface area (Å²) in [6.45, 7) is 1.15. The van der Waals surface area contributed by atoms with E-state index in [0.29, 0.717) is 12.1 Å². The molecule has 4 atom stereocenters. The maximum absolute atomic E-state index is 14.1. The average molecular weight is 644 g/mol. The Kier molecular flexibility index (Phi) is 7.92. The normalized spacial score (nSPS) is 28.6. The molecular formula is C26H32F7N5O4S. The van der Waals surface area contributed by atoms with Gasteiger partial charge in [0.1, 0.15) is 17.0 Å². The number of halogens is 7. The van der Waals surface area contributed by atoms with Crippen LogP contribution < -0.4 is 15.5 Å². The number of hydrogen-bond donors (Lipinski definition) is 3. The molecule has 1 aromatic carbocycles. The van der Waals surface area contributed by atoms with Crippen LogP contribution in [0, 0.1) is 17.4 Å². The van der Waals surface area contributed by atoms with E-state index in [1.165, 1.54) is 6.92 Å². The first-order chi connectivity index (χ1) is 19.6. The minimum absolute atomic E-state index is 0.0792. The first-order valence-electron chi connectivity index (χ1n) is 13.6. The standard InChI is InChI=1S/C26H32F7N5O4S/c1-25(42)13-20(37(14-25)15-34)24(41)38(18-2-4-19(5-3-18)43(29,30,31,32)33)22(16-8-11-35-21(39)12-16)23(40)36-17-6-9-26(27,28)10-7-17/h2-5,16-17,20,22,42H,6-14H2,1H3,(H,35,39)(H,36,40). The summed E-state index contributed by atoms with van der Waals surface area (Å²) in [6.07, 6.45) is 0.0720. The SMILES string of the molecule is CC1(O)CC(C(=O)N(c2ccc(S(F)(F)(F)(F)F)cc2)C(C(=O)NC2CCC(F)(F)CC2)C2CCNC(=O)C2)N(C#N)C1. The van der Waals surface area contributed by atoms with Crippen molar-refractivity contribution in [3.05, 3.63) is 24.3 Å². The van der Waals surface area contributed by atoms with Crippen molar-refractivity contribution in [2.45, 2.75) is 86.4 Å². The van der Waals surface area contributed by atoms with E-state index in [4.69, 9.17) is 0 Å². The first kappa shape index (κ1) is 32.6.